The Morgan fingerprint density at radius 3 is 2.35 bits per heavy atom. The van der Waals surface area contributed by atoms with E-state index < -0.39 is 5.97 Å². The van der Waals surface area contributed by atoms with Crippen LogP contribution >= 0.6 is 0 Å². The summed E-state index contributed by atoms with van der Waals surface area (Å²) in [7, 11) is 0. The number of aromatic carboxylic acids is 1. The molecule has 0 aliphatic heterocycles. The van der Waals surface area contributed by atoms with Crippen molar-refractivity contribution in [2.45, 2.75) is 26.3 Å². The highest BCUT2D eigenvalue weighted by Gasteiger charge is 2.06. The summed E-state index contributed by atoms with van der Waals surface area (Å²) in [6, 6.07) is 5.82. The van der Waals surface area contributed by atoms with E-state index in [0.717, 1.165) is 6.42 Å². The summed E-state index contributed by atoms with van der Waals surface area (Å²) in [6.45, 7) is 3.89. The van der Waals surface area contributed by atoms with Crippen molar-refractivity contribution < 1.29 is 14.7 Å². The molecule has 0 aromatic heterocycles. The van der Waals surface area contributed by atoms with E-state index in [9.17, 15) is 9.59 Å². The van der Waals surface area contributed by atoms with Crippen LogP contribution in [0.15, 0.2) is 24.3 Å². The van der Waals surface area contributed by atoms with E-state index in [0.29, 0.717) is 5.69 Å². The van der Waals surface area contributed by atoms with Gasteiger partial charge in [0.05, 0.1) is 5.56 Å². The summed E-state index contributed by atoms with van der Waals surface area (Å²) < 4.78 is 0. The van der Waals surface area contributed by atoms with E-state index in [4.69, 9.17) is 5.11 Å². The monoisotopic (exact) mass is 236 g/mol. The van der Waals surface area contributed by atoms with Gasteiger partial charge in [-0.05, 0) is 37.6 Å². The number of anilines is 1. The maximum Gasteiger partial charge on any atom is 0.335 e. The second kappa shape index (κ2) is 5.89. The third-order valence-corrected chi connectivity index (χ3v) is 2.38. The molecule has 0 bridgehead atoms. The molecular weight excluding hydrogens is 220 g/mol. The molecule has 1 aromatic carbocycles. The van der Waals surface area contributed by atoms with E-state index in [1.54, 1.807) is 12.1 Å². The second-order valence-electron chi connectivity index (χ2n) is 3.79. The summed E-state index contributed by atoms with van der Waals surface area (Å²) in [5.74, 6) is -0.986. The molecule has 0 spiro atoms. The highest BCUT2D eigenvalue weighted by atomic mass is 16.4. The molecule has 1 aromatic rings. The number of amides is 2. The lowest BCUT2D eigenvalue weighted by Crippen LogP contribution is -2.35. The molecule has 0 saturated carbocycles. The van der Waals surface area contributed by atoms with Crippen LogP contribution in [0.5, 0.6) is 0 Å². The first-order valence-electron chi connectivity index (χ1n) is 5.43. The maximum atomic E-state index is 11.5. The Morgan fingerprint density at radius 1 is 1.29 bits per heavy atom. The van der Waals surface area contributed by atoms with Crippen molar-refractivity contribution in [3.8, 4) is 0 Å². The fourth-order valence-corrected chi connectivity index (χ4v) is 1.19. The zero-order valence-electron chi connectivity index (χ0n) is 9.86. The van der Waals surface area contributed by atoms with E-state index in [1.165, 1.54) is 12.1 Å². The van der Waals surface area contributed by atoms with Gasteiger partial charge in [0.1, 0.15) is 0 Å². The van der Waals surface area contributed by atoms with E-state index >= 15 is 0 Å². The van der Waals surface area contributed by atoms with Gasteiger partial charge >= 0.3 is 12.0 Å². The highest BCUT2D eigenvalue weighted by molar-refractivity contribution is 5.91. The Labute approximate surface area is 99.8 Å². The minimum atomic E-state index is -0.986. The molecule has 2 amide bonds. The molecule has 5 nitrogen and oxygen atoms in total. The molecule has 92 valence electrons. The largest absolute Gasteiger partial charge is 0.478 e. The molecule has 1 rings (SSSR count). The number of benzene rings is 1. The molecule has 0 saturated heterocycles. The molecule has 1 atom stereocenters. The third-order valence-electron chi connectivity index (χ3n) is 2.38. The van der Waals surface area contributed by atoms with Gasteiger partial charge in [-0.1, -0.05) is 6.92 Å². The van der Waals surface area contributed by atoms with E-state index in [-0.39, 0.29) is 17.6 Å². The smallest absolute Gasteiger partial charge is 0.335 e. The quantitative estimate of drug-likeness (QED) is 0.750. The van der Waals surface area contributed by atoms with Crippen LogP contribution in [0.2, 0.25) is 0 Å². The van der Waals surface area contributed by atoms with Crippen molar-refractivity contribution in [3.63, 3.8) is 0 Å². The minimum absolute atomic E-state index is 0.105. The lowest BCUT2D eigenvalue weighted by Gasteiger charge is -2.12. The Balaban J connectivity index is 2.57. The predicted octanol–water partition coefficient (Wildman–Crippen LogP) is 2.30. The van der Waals surface area contributed by atoms with Crippen LogP contribution in [0.4, 0.5) is 10.5 Å². The molecule has 0 heterocycles. The third kappa shape index (κ3) is 4.14. The van der Waals surface area contributed by atoms with Gasteiger partial charge in [0.2, 0.25) is 0 Å². The Kier molecular flexibility index (Phi) is 4.51. The van der Waals surface area contributed by atoms with Crippen LogP contribution in [0.3, 0.4) is 0 Å². The van der Waals surface area contributed by atoms with Crippen LogP contribution in [0.25, 0.3) is 0 Å². The Bertz CT molecular complexity index is 401. The SMILES string of the molecule is CCC(C)NC(=O)Nc1ccc(C(=O)O)cc1. The summed E-state index contributed by atoms with van der Waals surface area (Å²) in [4.78, 5) is 22.1. The predicted molar refractivity (Wildman–Crippen MR) is 65.3 cm³/mol. The van der Waals surface area contributed by atoms with Crippen molar-refractivity contribution in [1.29, 1.82) is 0 Å². The van der Waals surface area contributed by atoms with Crippen LogP contribution in [0.1, 0.15) is 30.6 Å². The van der Waals surface area contributed by atoms with Gasteiger partial charge in [-0.15, -0.1) is 0 Å². The summed E-state index contributed by atoms with van der Waals surface area (Å²) in [5.41, 5.74) is 0.758. The zero-order chi connectivity index (χ0) is 12.8. The summed E-state index contributed by atoms with van der Waals surface area (Å²) in [5, 5.41) is 14.1. The van der Waals surface area contributed by atoms with Crippen molar-refractivity contribution in [2.24, 2.45) is 0 Å². The molecule has 0 aliphatic rings. The first-order chi connectivity index (χ1) is 8.02. The van der Waals surface area contributed by atoms with E-state index in [2.05, 4.69) is 10.6 Å². The topological polar surface area (TPSA) is 78.4 Å². The number of carbonyl (C=O) groups is 2. The van der Waals surface area contributed by atoms with Crippen molar-refractivity contribution in [2.75, 3.05) is 5.32 Å². The number of carboxylic acid groups (broad SMARTS) is 1. The Morgan fingerprint density at radius 2 is 1.88 bits per heavy atom. The van der Waals surface area contributed by atoms with Crippen LogP contribution in [-0.4, -0.2) is 23.1 Å². The zero-order valence-corrected chi connectivity index (χ0v) is 9.86. The normalized spacial score (nSPS) is 11.6. The van der Waals surface area contributed by atoms with Gasteiger partial charge in [0.15, 0.2) is 0 Å². The fraction of sp³-hybridized carbons (Fsp3) is 0.333. The van der Waals surface area contributed by atoms with Crippen LogP contribution < -0.4 is 10.6 Å². The second-order valence-corrected chi connectivity index (χ2v) is 3.79. The van der Waals surface area contributed by atoms with Crippen molar-refractivity contribution >= 4 is 17.7 Å². The molecule has 0 aliphatic carbocycles. The van der Waals surface area contributed by atoms with Gasteiger partial charge in [-0.25, -0.2) is 9.59 Å². The van der Waals surface area contributed by atoms with Gasteiger partial charge < -0.3 is 15.7 Å². The number of hydrogen-bond acceptors (Lipinski definition) is 2. The number of urea groups is 1. The van der Waals surface area contributed by atoms with Crippen LogP contribution in [-0.2, 0) is 0 Å². The fourth-order valence-electron chi connectivity index (χ4n) is 1.19. The van der Waals surface area contributed by atoms with Crippen molar-refractivity contribution in [1.82, 2.24) is 5.32 Å². The first-order valence-corrected chi connectivity index (χ1v) is 5.43. The highest BCUT2D eigenvalue weighted by Crippen LogP contribution is 2.09. The number of carbonyl (C=O) groups excluding carboxylic acids is 1. The maximum absolute atomic E-state index is 11.5. The minimum Gasteiger partial charge on any atom is -0.478 e. The lowest BCUT2D eigenvalue weighted by molar-refractivity contribution is 0.0697. The number of hydrogen-bond donors (Lipinski definition) is 3. The number of carboxylic acids is 1. The van der Waals surface area contributed by atoms with Crippen LogP contribution in [0, 0.1) is 0 Å². The standard InChI is InChI=1S/C12H16N2O3/c1-3-8(2)13-12(17)14-10-6-4-9(5-7-10)11(15)16/h4-8H,3H2,1-2H3,(H,15,16)(H2,13,14,17). The van der Waals surface area contributed by atoms with Gasteiger partial charge in [0.25, 0.3) is 0 Å². The average molecular weight is 236 g/mol. The molecule has 5 heteroatoms. The molecule has 0 radical (unpaired) electrons. The van der Waals surface area contributed by atoms with Crippen molar-refractivity contribution in [3.05, 3.63) is 29.8 Å². The van der Waals surface area contributed by atoms with E-state index in [1.807, 2.05) is 13.8 Å². The van der Waals surface area contributed by atoms with Gasteiger partial charge in [-0.2, -0.15) is 0 Å². The van der Waals surface area contributed by atoms with Gasteiger partial charge in [-0.3, -0.25) is 0 Å². The molecule has 3 N–H and O–H groups in total. The number of nitrogens with one attached hydrogen (secondary N) is 2. The summed E-state index contributed by atoms with van der Waals surface area (Å²) >= 11 is 0. The lowest BCUT2D eigenvalue weighted by atomic mass is 10.2. The summed E-state index contributed by atoms with van der Waals surface area (Å²) in [6.07, 6.45) is 0.853. The number of rotatable bonds is 4. The van der Waals surface area contributed by atoms with Gasteiger partial charge in [0, 0.05) is 11.7 Å². The molecule has 0 fully saturated rings. The molecule has 1 unspecified atom stereocenters. The molecular formula is C12H16N2O3. The first kappa shape index (κ1) is 13.0. The molecule has 17 heavy (non-hydrogen) atoms. The average Bonchev–Trinajstić information content (AvgIpc) is 2.29. The Hall–Kier alpha value is -2.04.